The Morgan fingerprint density at radius 3 is 1.62 bits per heavy atom. The van der Waals surface area contributed by atoms with Crippen LogP contribution in [0.15, 0.2) is 24.3 Å². The van der Waals surface area contributed by atoms with Crippen molar-refractivity contribution < 1.29 is 48.8 Å². The van der Waals surface area contributed by atoms with E-state index in [9.17, 15) is 44.1 Å². The Morgan fingerprint density at radius 1 is 0.655 bits per heavy atom. The minimum Gasteiger partial charge on any atom is -0.480 e. The van der Waals surface area contributed by atoms with Crippen LogP contribution in [0.1, 0.15) is 57.1 Å². The molecule has 0 radical (unpaired) electrons. The average molecular weight is 778 g/mol. The number of aliphatic carboxylic acids is 3. The number of unbranched alkanes of at least 4 members (excludes halogenated alkanes) is 1. The lowest BCUT2D eigenvalue weighted by molar-refractivity contribution is -0.140. The largest absolute Gasteiger partial charge is 0.480 e. The number of ether oxygens (including phenoxy) is 1. The molecule has 0 bridgehead atoms. The summed E-state index contributed by atoms with van der Waals surface area (Å²) in [6.07, 6.45) is 3.45. The number of nitrogens with zero attached hydrogens (tertiary/aromatic N) is 4. The minimum absolute atomic E-state index is 0.00765. The molecule has 17 heteroatoms. The predicted molar refractivity (Wildman–Crippen MR) is 206 cm³/mol. The van der Waals surface area contributed by atoms with Gasteiger partial charge in [-0.05, 0) is 58.4 Å². The number of carboxylic acids is 3. The van der Waals surface area contributed by atoms with Crippen LogP contribution in [-0.4, -0.2) is 181 Å². The van der Waals surface area contributed by atoms with Gasteiger partial charge in [-0.1, -0.05) is 29.8 Å². The summed E-state index contributed by atoms with van der Waals surface area (Å²) in [7, 11) is 0. The fourth-order valence-corrected chi connectivity index (χ4v) is 6.09. The second-order valence-electron chi connectivity index (χ2n) is 14.3. The van der Waals surface area contributed by atoms with Crippen molar-refractivity contribution in [3.63, 3.8) is 0 Å². The van der Waals surface area contributed by atoms with Crippen molar-refractivity contribution in [2.75, 3.05) is 98.2 Å². The van der Waals surface area contributed by atoms with Gasteiger partial charge < -0.3 is 36.0 Å². The van der Waals surface area contributed by atoms with Crippen LogP contribution in [0.2, 0.25) is 0 Å². The van der Waals surface area contributed by atoms with E-state index >= 15 is 0 Å². The van der Waals surface area contributed by atoms with Crippen LogP contribution in [0, 0.1) is 6.92 Å². The predicted octanol–water partition coefficient (Wildman–Crippen LogP) is 0.106. The van der Waals surface area contributed by atoms with Crippen molar-refractivity contribution in [1.82, 2.24) is 35.6 Å². The molecule has 17 nitrogen and oxygen atoms in total. The summed E-state index contributed by atoms with van der Waals surface area (Å²) in [5.41, 5.74) is 2.38. The zero-order chi connectivity index (χ0) is 40.6. The number of carbonyl (C=O) groups excluding carboxylic acids is 3. The van der Waals surface area contributed by atoms with E-state index in [1.54, 1.807) is 19.6 Å². The van der Waals surface area contributed by atoms with E-state index in [-0.39, 0.29) is 103 Å². The SMILES string of the molecule is Cc1ccc(CCCC(=O)NCCCCC(NC(=O)CN2CCN(CC(=O)O)CCN(CC(=O)O)CCN(CC(=O)O)CC2)C(=O)NCCOC(C)C)cc1. The fraction of sp³-hybridized carbons (Fsp3) is 0.684. The molecule has 1 heterocycles. The Morgan fingerprint density at radius 2 is 1.15 bits per heavy atom. The molecule has 1 saturated heterocycles. The number of amides is 3. The maximum Gasteiger partial charge on any atom is 0.317 e. The summed E-state index contributed by atoms with van der Waals surface area (Å²) >= 11 is 0. The summed E-state index contributed by atoms with van der Waals surface area (Å²) in [5.74, 6) is -3.94. The monoisotopic (exact) mass is 777 g/mol. The summed E-state index contributed by atoms with van der Waals surface area (Å²) in [5, 5.41) is 37.0. The third kappa shape index (κ3) is 22.7. The van der Waals surface area contributed by atoms with Crippen molar-refractivity contribution >= 4 is 35.6 Å². The van der Waals surface area contributed by atoms with E-state index in [1.165, 1.54) is 11.1 Å². The van der Waals surface area contributed by atoms with E-state index in [1.807, 2.05) is 20.8 Å². The molecule has 1 fully saturated rings. The van der Waals surface area contributed by atoms with Crippen molar-refractivity contribution in [2.24, 2.45) is 0 Å². The lowest BCUT2D eigenvalue weighted by Crippen LogP contribution is -2.52. The molecule has 55 heavy (non-hydrogen) atoms. The minimum atomic E-state index is -1.04. The third-order valence-electron chi connectivity index (χ3n) is 9.11. The van der Waals surface area contributed by atoms with Crippen LogP contribution in [0.5, 0.6) is 0 Å². The molecule has 2 rings (SSSR count). The van der Waals surface area contributed by atoms with E-state index in [4.69, 9.17) is 4.74 Å². The number of nitrogens with one attached hydrogen (secondary N) is 3. The normalized spacial score (nSPS) is 16.1. The Balaban J connectivity index is 2.02. The second-order valence-corrected chi connectivity index (χ2v) is 14.3. The van der Waals surface area contributed by atoms with Crippen LogP contribution in [0.25, 0.3) is 0 Å². The molecule has 0 saturated carbocycles. The molecule has 1 aromatic carbocycles. The Bertz CT molecular complexity index is 1320. The maximum atomic E-state index is 13.5. The number of carbonyl (C=O) groups is 6. The van der Waals surface area contributed by atoms with Gasteiger partial charge in [0.1, 0.15) is 6.04 Å². The first kappa shape index (κ1) is 47.0. The van der Waals surface area contributed by atoms with Crippen LogP contribution in [0.4, 0.5) is 0 Å². The molecule has 0 spiro atoms. The van der Waals surface area contributed by atoms with E-state index in [0.717, 1.165) is 12.8 Å². The second kappa shape index (κ2) is 26.6. The highest BCUT2D eigenvalue weighted by atomic mass is 16.5. The quantitative estimate of drug-likeness (QED) is 0.0813. The van der Waals surface area contributed by atoms with Gasteiger partial charge in [-0.25, -0.2) is 0 Å². The lowest BCUT2D eigenvalue weighted by atomic mass is 10.1. The molecule has 0 aliphatic carbocycles. The molecule has 3 amide bonds. The van der Waals surface area contributed by atoms with Crippen molar-refractivity contribution in [1.29, 1.82) is 0 Å². The zero-order valence-corrected chi connectivity index (χ0v) is 32.8. The number of hydrogen-bond acceptors (Lipinski definition) is 11. The van der Waals surface area contributed by atoms with E-state index < -0.39 is 29.9 Å². The molecule has 1 unspecified atom stereocenters. The lowest BCUT2D eigenvalue weighted by Gasteiger charge is -2.33. The van der Waals surface area contributed by atoms with E-state index in [2.05, 4.69) is 40.2 Å². The molecule has 6 N–H and O–H groups in total. The number of hydrogen-bond donors (Lipinski definition) is 6. The summed E-state index contributed by atoms with van der Waals surface area (Å²) in [6, 6.07) is 7.40. The van der Waals surface area contributed by atoms with Gasteiger partial charge in [-0.15, -0.1) is 0 Å². The van der Waals surface area contributed by atoms with Crippen molar-refractivity contribution in [3.8, 4) is 0 Å². The van der Waals surface area contributed by atoms with Crippen LogP contribution in [-0.2, 0) is 39.9 Å². The number of carboxylic acid groups (broad SMARTS) is 3. The first-order valence-electron chi connectivity index (χ1n) is 19.3. The van der Waals surface area contributed by atoms with Crippen LogP contribution < -0.4 is 16.0 Å². The molecular formula is C38H63N7O10. The van der Waals surface area contributed by atoms with Gasteiger partial charge in [0.2, 0.25) is 17.7 Å². The summed E-state index contributed by atoms with van der Waals surface area (Å²) in [6.45, 7) is 7.99. The topological polar surface area (TPSA) is 221 Å². The number of benzene rings is 1. The molecule has 310 valence electrons. The Labute approximate surface area is 324 Å². The van der Waals surface area contributed by atoms with Gasteiger partial charge in [0, 0.05) is 71.9 Å². The smallest absolute Gasteiger partial charge is 0.317 e. The summed E-state index contributed by atoms with van der Waals surface area (Å²) < 4.78 is 5.53. The molecule has 1 aliphatic rings. The van der Waals surface area contributed by atoms with Gasteiger partial charge in [-0.3, -0.25) is 48.4 Å². The molecule has 1 atom stereocenters. The average Bonchev–Trinajstić information content (AvgIpc) is 3.10. The van der Waals surface area contributed by atoms with Crippen LogP contribution in [0.3, 0.4) is 0 Å². The first-order valence-corrected chi connectivity index (χ1v) is 19.3. The number of rotatable bonds is 23. The van der Waals surface area contributed by atoms with E-state index in [0.29, 0.717) is 38.8 Å². The highest BCUT2D eigenvalue weighted by Gasteiger charge is 2.24. The Kier molecular flexibility index (Phi) is 22.7. The van der Waals surface area contributed by atoms with Gasteiger partial charge in [0.15, 0.2) is 0 Å². The zero-order valence-electron chi connectivity index (χ0n) is 32.8. The highest BCUT2D eigenvalue weighted by molar-refractivity contribution is 5.88. The van der Waals surface area contributed by atoms with Crippen molar-refractivity contribution in [2.45, 2.75) is 71.4 Å². The highest BCUT2D eigenvalue weighted by Crippen LogP contribution is 2.08. The standard InChI is InChI=1S/C38H63N7O10/c1-29(2)55-24-15-40-38(54)32(8-4-5-14-39-33(46)9-6-7-31-12-10-30(3)11-13-31)41-34(47)25-42-16-18-43(26-35(48)49)20-22-45(28-37(52)53)23-21-44(19-17-42)27-36(50)51/h10-13,29,32H,4-9,14-28H2,1-3H3,(H,39,46)(H,40,54)(H,41,47)(H,48,49)(H,50,51)(H,52,53). The molecule has 1 aromatic rings. The first-order chi connectivity index (χ1) is 26.2. The summed E-state index contributed by atoms with van der Waals surface area (Å²) in [4.78, 5) is 80.7. The van der Waals surface area contributed by atoms with Gasteiger partial charge >= 0.3 is 17.9 Å². The molecule has 0 aromatic heterocycles. The van der Waals surface area contributed by atoms with Crippen molar-refractivity contribution in [3.05, 3.63) is 35.4 Å². The maximum absolute atomic E-state index is 13.5. The third-order valence-corrected chi connectivity index (χ3v) is 9.11. The van der Waals surface area contributed by atoms with Gasteiger partial charge in [0.25, 0.3) is 0 Å². The van der Waals surface area contributed by atoms with Gasteiger partial charge in [-0.2, -0.15) is 0 Å². The fourth-order valence-electron chi connectivity index (χ4n) is 6.09. The molecule has 1 aliphatic heterocycles. The molecular weight excluding hydrogens is 714 g/mol. The van der Waals surface area contributed by atoms with Crippen LogP contribution >= 0.6 is 0 Å². The van der Waals surface area contributed by atoms with Gasteiger partial charge in [0.05, 0.1) is 38.9 Å². The number of aryl methyl sites for hydroxylation is 2. The Hall–Kier alpha value is -4.16.